The molecule has 0 bridgehead atoms. The number of para-hydroxylation sites is 2. The van der Waals surface area contributed by atoms with Crippen molar-refractivity contribution in [1.29, 1.82) is 0 Å². The highest BCUT2D eigenvalue weighted by molar-refractivity contribution is 5.65. The molecule has 2 heterocycles. The predicted molar refractivity (Wildman–Crippen MR) is 161 cm³/mol. The summed E-state index contributed by atoms with van der Waals surface area (Å²) in [5, 5.41) is 0. The largest absolute Gasteiger partial charge is 0.496 e. The molecule has 234 valence electrons. The van der Waals surface area contributed by atoms with Crippen LogP contribution in [-0.4, -0.2) is 46.5 Å². The van der Waals surface area contributed by atoms with Crippen molar-refractivity contribution in [2.45, 2.75) is 46.0 Å². The third kappa shape index (κ3) is 8.35. The van der Waals surface area contributed by atoms with Crippen molar-refractivity contribution < 1.29 is 28.7 Å². The summed E-state index contributed by atoms with van der Waals surface area (Å²) in [5.41, 5.74) is 5.17. The zero-order chi connectivity index (χ0) is 32.9. The average molecular weight is 615 g/mol. The number of nitrogens with one attached hydrogen (secondary N) is 2. The number of fused-ring (bicyclic) bond motifs is 2. The molecule has 0 saturated carbocycles. The van der Waals surface area contributed by atoms with E-state index in [2.05, 4.69) is 28.8 Å². The maximum atomic E-state index is 12.4. The minimum Gasteiger partial charge on any atom is -0.496 e. The van der Waals surface area contributed by atoms with Crippen LogP contribution in [0.5, 0.6) is 11.5 Å². The normalized spacial score (nSPS) is 15.5. The molecule has 0 saturated heterocycles. The number of methoxy groups -OCH3 is 2. The van der Waals surface area contributed by atoms with Gasteiger partial charge in [-0.3, -0.25) is 9.59 Å². The molecule has 2 atom stereocenters. The Morgan fingerprint density at radius 2 is 1.11 bits per heavy atom. The van der Waals surface area contributed by atoms with E-state index in [1.165, 1.54) is 0 Å². The Hall–Kier alpha value is -5.44. The average Bonchev–Trinajstić information content (AvgIpc) is 3.53. The van der Waals surface area contributed by atoms with Gasteiger partial charge in [-0.1, -0.05) is 38.1 Å². The van der Waals surface area contributed by atoms with Crippen molar-refractivity contribution in [3.05, 3.63) is 91.8 Å². The number of nitrogens with zero attached hydrogens (tertiary/aromatic N) is 2. The zero-order valence-corrected chi connectivity index (χ0v) is 25.5. The monoisotopic (exact) mass is 614 g/mol. The third-order valence-corrected chi connectivity index (χ3v) is 7.78. The minimum absolute atomic E-state index is 0.0142. The second kappa shape index (κ2) is 16.4. The van der Waals surface area contributed by atoms with Crippen molar-refractivity contribution >= 4 is 12.3 Å². The third-order valence-electron chi connectivity index (χ3n) is 7.78. The fourth-order valence-corrected chi connectivity index (χ4v) is 5.33. The van der Waals surface area contributed by atoms with E-state index in [-0.39, 0.29) is 23.4 Å². The summed E-state index contributed by atoms with van der Waals surface area (Å²) in [6.45, 7) is 4.42. The van der Waals surface area contributed by atoms with E-state index in [1.807, 2.05) is 48.5 Å². The maximum Gasteiger partial charge on any atom is 0.373 e. The Morgan fingerprint density at radius 3 is 1.62 bits per heavy atom. The van der Waals surface area contributed by atoms with Crippen LogP contribution in [0.4, 0.5) is 0 Å². The van der Waals surface area contributed by atoms with Crippen LogP contribution in [-0.2, 0) is 44.9 Å². The molecule has 12 nitrogen and oxygen atoms in total. The van der Waals surface area contributed by atoms with Crippen LogP contribution in [0.3, 0.4) is 0 Å². The molecule has 2 aromatic heterocycles. The number of ether oxygens (including phenoxy) is 2. The van der Waals surface area contributed by atoms with Crippen molar-refractivity contribution in [3.63, 3.8) is 0 Å². The van der Waals surface area contributed by atoms with Crippen LogP contribution in [0.25, 0.3) is 22.8 Å². The van der Waals surface area contributed by atoms with E-state index >= 15 is 0 Å². The number of aromatic amines is 2. The highest BCUT2D eigenvalue weighted by Gasteiger charge is 2.26. The standard InChI is InChI=1S/C17H20N2O2.C14H14N2O2.2CO2/c1-10-8-13-14(9-11(10)2)18-16(19-17(13)20)12-6-4-5-7-15(12)21-3;1-18-12-8-3-2-5-10(12)13-15-11-7-4-6-9(11)14(17)16-13;2*2-1-3/h4-7,10-11H,8-9H2,1-3H3,(H,18,19,20);2-3,5,8H,4,6-7H2,1H3,(H,15,16,17);;. The topological polar surface area (TPSA) is 178 Å². The van der Waals surface area contributed by atoms with Gasteiger partial charge >= 0.3 is 12.3 Å². The number of aromatic nitrogens is 4. The maximum absolute atomic E-state index is 12.4. The van der Waals surface area contributed by atoms with E-state index in [1.54, 1.807) is 14.2 Å². The number of hydrogen-bond donors (Lipinski definition) is 2. The highest BCUT2D eigenvalue weighted by Crippen LogP contribution is 2.31. The molecule has 2 aliphatic carbocycles. The fraction of sp³-hybridized carbons (Fsp3) is 0.333. The number of aryl methyl sites for hydroxylation is 1. The summed E-state index contributed by atoms with van der Waals surface area (Å²) in [7, 11) is 3.24. The van der Waals surface area contributed by atoms with Crippen LogP contribution in [0, 0.1) is 11.8 Å². The lowest BCUT2D eigenvalue weighted by Crippen LogP contribution is -2.29. The smallest absolute Gasteiger partial charge is 0.373 e. The molecule has 0 aliphatic heterocycles. The minimum atomic E-state index is -0.0154. The number of rotatable bonds is 4. The molecule has 6 rings (SSSR count). The van der Waals surface area contributed by atoms with E-state index in [4.69, 9.17) is 33.6 Å². The van der Waals surface area contributed by atoms with E-state index in [0.29, 0.717) is 23.5 Å². The molecule has 2 N–H and O–H groups in total. The summed E-state index contributed by atoms with van der Waals surface area (Å²) in [4.78, 5) is 71.9. The first-order chi connectivity index (χ1) is 21.7. The van der Waals surface area contributed by atoms with E-state index < -0.39 is 0 Å². The molecule has 12 heteroatoms. The molecule has 0 radical (unpaired) electrons. The van der Waals surface area contributed by atoms with Gasteiger partial charge in [-0.05, 0) is 68.2 Å². The quantitative estimate of drug-likeness (QED) is 0.345. The Labute approximate surface area is 258 Å². The SMILES string of the molecule is COc1ccccc1-c1nc2c(c(=O)[nH]1)CC(C)C(C)C2.COc1ccccc1-c1nc2c(c(=O)[nH]1)CCC2.O=C=O.O=C=O. The van der Waals surface area contributed by atoms with Crippen molar-refractivity contribution in [3.8, 4) is 34.3 Å². The van der Waals surface area contributed by atoms with Crippen LogP contribution < -0.4 is 20.6 Å². The lowest BCUT2D eigenvalue weighted by Gasteiger charge is -2.26. The fourth-order valence-electron chi connectivity index (χ4n) is 5.33. The first-order valence-electron chi connectivity index (χ1n) is 14.2. The van der Waals surface area contributed by atoms with Crippen molar-refractivity contribution in [2.24, 2.45) is 11.8 Å². The Morgan fingerprint density at radius 1 is 0.667 bits per heavy atom. The van der Waals surface area contributed by atoms with Gasteiger partial charge in [0.2, 0.25) is 0 Å². The summed E-state index contributed by atoms with van der Waals surface area (Å²) >= 11 is 0. The summed E-state index contributed by atoms with van der Waals surface area (Å²) in [6, 6.07) is 15.2. The van der Waals surface area contributed by atoms with E-state index in [0.717, 1.165) is 77.2 Å². The van der Waals surface area contributed by atoms with Crippen molar-refractivity contribution in [2.75, 3.05) is 14.2 Å². The first kappa shape index (κ1) is 34.1. The van der Waals surface area contributed by atoms with Gasteiger partial charge in [-0.15, -0.1) is 0 Å². The number of benzene rings is 2. The molecule has 2 aliphatic rings. The molecule has 0 spiro atoms. The second-order valence-electron chi connectivity index (χ2n) is 10.5. The van der Waals surface area contributed by atoms with Crippen LogP contribution in [0.1, 0.15) is 42.8 Å². The van der Waals surface area contributed by atoms with E-state index in [9.17, 15) is 9.59 Å². The predicted octanol–water partition coefficient (Wildman–Crippen LogP) is 3.58. The van der Waals surface area contributed by atoms with Crippen LogP contribution >= 0.6 is 0 Å². The summed E-state index contributed by atoms with van der Waals surface area (Å²) in [6.07, 6.45) is 4.92. The number of H-pyrrole nitrogens is 2. The van der Waals surface area contributed by atoms with Crippen LogP contribution in [0.15, 0.2) is 58.1 Å². The Kier molecular flexibility index (Phi) is 12.4. The highest BCUT2D eigenvalue weighted by atomic mass is 16.5. The van der Waals surface area contributed by atoms with Gasteiger partial charge < -0.3 is 19.4 Å². The molecule has 0 fully saturated rings. The van der Waals surface area contributed by atoms with Gasteiger partial charge in [-0.25, -0.2) is 9.97 Å². The molecular weight excluding hydrogens is 580 g/mol. The van der Waals surface area contributed by atoms with Gasteiger partial charge in [0.25, 0.3) is 11.1 Å². The lowest BCUT2D eigenvalue weighted by atomic mass is 9.80. The van der Waals surface area contributed by atoms with Gasteiger partial charge in [-0.2, -0.15) is 19.2 Å². The van der Waals surface area contributed by atoms with Gasteiger partial charge in [0.1, 0.15) is 23.1 Å². The molecular formula is C33H34N4O8. The first-order valence-corrected chi connectivity index (χ1v) is 14.2. The Bertz CT molecular complexity index is 1790. The molecule has 2 unspecified atom stereocenters. The second-order valence-corrected chi connectivity index (χ2v) is 10.5. The number of hydrogen-bond acceptors (Lipinski definition) is 10. The number of carbonyl (C=O) groups excluding carboxylic acids is 4. The summed E-state index contributed by atoms with van der Waals surface area (Å²) < 4.78 is 10.7. The van der Waals surface area contributed by atoms with Crippen molar-refractivity contribution in [1.82, 2.24) is 19.9 Å². The molecule has 4 aromatic rings. The zero-order valence-electron chi connectivity index (χ0n) is 25.5. The Balaban J connectivity index is 0.000000211. The lowest BCUT2D eigenvalue weighted by molar-refractivity contribution is -0.193. The molecule has 2 aromatic carbocycles. The molecule has 0 amide bonds. The van der Waals surface area contributed by atoms with Gasteiger partial charge in [0.15, 0.2) is 0 Å². The van der Waals surface area contributed by atoms with Gasteiger partial charge in [0, 0.05) is 11.1 Å². The van der Waals surface area contributed by atoms with Crippen LogP contribution in [0.2, 0.25) is 0 Å². The molecule has 45 heavy (non-hydrogen) atoms. The summed E-state index contributed by atoms with van der Waals surface area (Å²) in [5.74, 6) is 3.71. The van der Waals surface area contributed by atoms with Gasteiger partial charge in [0.05, 0.1) is 36.7 Å².